The highest BCUT2D eigenvalue weighted by atomic mass is 35.5. The molecule has 13 heteroatoms. The maximum atomic E-state index is 13.1. The smallest absolute Gasteiger partial charge is 0.388 e. The number of benzene rings is 1. The molecule has 0 atom stereocenters. The number of amides is 1. The number of rotatable bonds is 3. The van der Waals surface area contributed by atoms with Crippen molar-refractivity contribution in [1.29, 1.82) is 0 Å². The molecule has 8 nitrogen and oxygen atoms in total. The number of carbonyl (C=O) groups is 1. The van der Waals surface area contributed by atoms with Crippen LogP contribution in [0.3, 0.4) is 0 Å². The van der Waals surface area contributed by atoms with Gasteiger partial charge in [-0.1, -0.05) is 16.8 Å². The number of pyridine rings is 1. The molecule has 0 radical (unpaired) electrons. The third kappa shape index (κ3) is 5.65. The number of hydrogen-bond donors (Lipinski definition) is 1. The highest BCUT2D eigenvalue weighted by Crippen LogP contribution is 2.36. The number of piperidine rings is 1. The minimum absolute atomic E-state index is 0.115. The maximum absolute atomic E-state index is 13.1. The van der Waals surface area contributed by atoms with Gasteiger partial charge in [0.25, 0.3) is 5.91 Å². The molecule has 5 rings (SSSR count). The Morgan fingerprint density at radius 1 is 1.03 bits per heavy atom. The molecule has 1 spiro atoms. The van der Waals surface area contributed by atoms with Gasteiger partial charge in [-0.05, 0) is 48.6 Å². The van der Waals surface area contributed by atoms with Gasteiger partial charge in [-0.2, -0.15) is 13.2 Å². The van der Waals surface area contributed by atoms with E-state index >= 15 is 0 Å². The Morgan fingerprint density at radius 3 is 2.34 bits per heavy atom. The average molecular weight is 567 g/mol. The Morgan fingerprint density at radius 2 is 1.71 bits per heavy atom. The summed E-state index contributed by atoms with van der Waals surface area (Å²) in [6, 6.07) is 8.34. The molecule has 2 fully saturated rings. The number of thiocarbonyl (C=S) groups is 1. The fourth-order valence-electron chi connectivity index (χ4n) is 4.88. The SMILES string of the molecule is O=C(C1=NOC2(CCN(C(=S)Nc3ccc(C(F)(F)F)cc3)CC2)C1)N1CCN(c2ncccc2Cl)CC1. The van der Waals surface area contributed by atoms with Crippen molar-refractivity contribution >= 4 is 52.1 Å². The van der Waals surface area contributed by atoms with Crippen molar-refractivity contribution in [3.8, 4) is 0 Å². The Bertz CT molecular complexity index is 1230. The van der Waals surface area contributed by atoms with Crippen LogP contribution in [0.25, 0.3) is 0 Å². The van der Waals surface area contributed by atoms with Gasteiger partial charge in [0.2, 0.25) is 0 Å². The second-order valence-electron chi connectivity index (χ2n) is 9.57. The molecule has 3 aliphatic rings. The van der Waals surface area contributed by atoms with Crippen LogP contribution in [-0.4, -0.2) is 76.4 Å². The van der Waals surface area contributed by atoms with Gasteiger partial charge in [0, 0.05) is 70.4 Å². The molecule has 1 amide bonds. The van der Waals surface area contributed by atoms with Gasteiger partial charge in [-0.3, -0.25) is 4.79 Å². The van der Waals surface area contributed by atoms with Crippen molar-refractivity contribution in [3.63, 3.8) is 0 Å². The van der Waals surface area contributed by atoms with E-state index < -0.39 is 17.3 Å². The van der Waals surface area contributed by atoms with Gasteiger partial charge in [0.05, 0.1) is 10.6 Å². The van der Waals surface area contributed by atoms with Crippen LogP contribution in [0.15, 0.2) is 47.8 Å². The minimum atomic E-state index is -4.38. The highest BCUT2D eigenvalue weighted by molar-refractivity contribution is 7.80. The number of nitrogens with zero attached hydrogens (tertiary/aromatic N) is 5. The lowest BCUT2D eigenvalue weighted by molar-refractivity contribution is -0.137. The number of hydrogen-bond acceptors (Lipinski definition) is 6. The number of likely N-dealkylation sites (tertiary alicyclic amines) is 1. The highest BCUT2D eigenvalue weighted by Gasteiger charge is 2.45. The van der Waals surface area contributed by atoms with Crippen molar-refractivity contribution in [1.82, 2.24) is 14.8 Å². The third-order valence-electron chi connectivity index (χ3n) is 7.12. The predicted molar refractivity (Wildman–Crippen MR) is 142 cm³/mol. The number of oxime groups is 1. The summed E-state index contributed by atoms with van der Waals surface area (Å²) in [6.45, 7) is 3.48. The van der Waals surface area contributed by atoms with E-state index in [2.05, 4.69) is 20.4 Å². The Balaban J connectivity index is 1.09. The van der Waals surface area contributed by atoms with Gasteiger partial charge in [-0.15, -0.1) is 0 Å². The fraction of sp³-hybridized carbons (Fsp3) is 0.440. The summed E-state index contributed by atoms with van der Waals surface area (Å²) in [6.07, 6.45) is -1.01. The second-order valence-corrected chi connectivity index (χ2v) is 10.4. The molecule has 38 heavy (non-hydrogen) atoms. The maximum Gasteiger partial charge on any atom is 0.416 e. The summed E-state index contributed by atoms with van der Waals surface area (Å²) < 4.78 is 38.4. The van der Waals surface area contributed by atoms with E-state index in [1.165, 1.54) is 12.1 Å². The number of alkyl halides is 3. The molecule has 1 aromatic heterocycles. The largest absolute Gasteiger partial charge is 0.416 e. The Labute approximate surface area is 228 Å². The molecular formula is C25H26ClF3N6O2S. The van der Waals surface area contributed by atoms with Gasteiger partial charge < -0.3 is 24.9 Å². The summed E-state index contributed by atoms with van der Waals surface area (Å²) >= 11 is 11.7. The number of halogens is 4. The number of carbonyl (C=O) groups excluding carboxylic acids is 1. The van der Waals surface area contributed by atoms with E-state index in [-0.39, 0.29) is 5.91 Å². The number of nitrogens with one attached hydrogen (secondary N) is 1. The second kappa shape index (κ2) is 10.6. The molecule has 0 saturated carbocycles. The monoisotopic (exact) mass is 566 g/mol. The van der Waals surface area contributed by atoms with Gasteiger partial charge in [-0.25, -0.2) is 4.98 Å². The molecule has 0 bridgehead atoms. The predicted octanol–water partition coefficient (Wildman–Crippen LogP) is 4.41. The molecule has 1 aromatic carbocycles. The van der Waals surface area contributed by atoms with Gasteiger partial charge in [0.15, 0.2) is 5.11 Å². The lowest BCUT2D eigenvalue weighted by Gasteiger charge is -2.38. The van der Waals surface area contributed by atoms with Crippen molar-refractivity contribution in [2.24, 2.45) is 5.16 Å². The normalized spacial score (nSPS) is 19.3. The Kier molecular flexibility index (Phi) is 7.36. The van der Waals surface area contributed by atoms with E-state index in [1.807, 2.05) is 4.90 Å². The number of anilines is 2. The molecule has 2 saturated heterocycles. The van der Waals surface area contributed by atoms with Crippen molar-refractivity contribution in [2.75, 3.05) is 49.5 Å². The third-order valence-corrected chi connectivity index (χ3v) is 7.77. The summed E-state index contributed by atoms with van der Waals surface area (Å²) in [5, 5.41) is 8.18. The van der Waals surface area contributed by atoms with Crippen LogP contribution in [0.4, 0.5) is 24.7 Å². The number of piperazine rings is 1. The number of aromatic nitrogens is 1. The van der Waals surface area contributed by atoms with Crippen LogP contribution in [0.2, 0.25) is 5.02 Å². The van der Waals surface area contributed by atoms with Crippen LogP contribution in [0.5, 0.6) is 0 Å². The lowest BCUT2D eigenvalue weighted by atomic mass is 9.86. The van der Waals surface area contributed by atoms with Crippen LogP contribution >= 0.6 is 23.8 Å². The summed E-state index contributed by atoms with van der Waals surface area (Å²) in [5.41, 5.74) is -0.346. The van der Waals surface area contributed by atoms with Crippen LogP contribution in [0, 0.1) is 0 Å². The standard InChI is InChI=1S/C25H26ClF3N6O2S/c26-19-2-1-9-30-21(19)33-12-14-34(15-13-33)22(36)20-16-24(37-32-20)7-10-35(11-8-24)23(38)31-18-5-3-17(4-6-18)25(27,28)29/h1-6,9H,7-8,10-16H2,(H,31,38). The Hall–Kier alpha value is -3.12. The zero-order valence-corrected chi connectivity index (χ0v) is 22.0. The van der Waals surface area contributed by atoms with E-state index in [4.69, 9.17) is 28.7 Å². The minimum Gasteiger partial charge on any atom is -0.388 e. The molecule has 202 valence electrons. The molecule has 1 N–H and O–H groups in total. The van der Waals surface area contributed by atoms with E-state index in [0.29, 0.717) is 80.1 Å². The summed E-state index contributed by atoms with van der Waals surface area (Å²) in [4.78, 5) is 29.1. The topological polar surface area (TPSA) is 73.3 Å². The average Bonchev–Trinajstić information content (AvgIpc) is 3.32. The zero-order chi connectivity index (χ0) is 26.9. The molecule has 0 unspecified atom stereocenters. The first-order valence-electron chi connectivity index (χ1n) is 12.3. The molecular weight excluding hydrogens is 541 g/mol. The zero-order valence-electron chi connectivity index (χ0n) is 20.4. The molecule has 0 aliphatic carbocycles. The first-order valence-corrected chi connectivity index (χ1v) is 13.1. The fourth-order valence-corrected chi connectivity index (χ4v) is 5.42. The van der Waals surface area contributed by atoms with Crippen LogP contribution < -0.4 is 10.2 Å². The first-order chi connectivity index (χ1) is 18.1. The van der Waals surface area contributed by atoms with Crippen molar-refractivity contribution in [2.45, 2.75) is 31.0 Å². The summed E-state index contributed by atoms with van der Waals surface area (Å²) in [5.74, 6) is 0.606. The van der Waals surface area contributed by atoms with Gasteiger partial charge >= 0.3 is 6.18 Å². The van der Waals surface area contributed by atoms with E-state index in [0.717, 1.165) is 18.0 Å². The van der Waals surface area contributed by atoms with E-state index in [9.17, 15) is 18.0 Å². The van der Waals surface area contributed by atoms with Crippen LogP contribution in [-0.2, 0) is 15.8 Å². The molecule has 3 aliphatic heterocycles. The van der Waals surface area contributed by atoms with Gasteiger partial charge in [0.1, 0.15) is 17.1 Å². The molecule has 4 heterocycles. The van der Waals surface area contributed by atoms with Crippen molar-refractivity contribution in [3.05, 3.63) is 53.2 Å². The quantitative estimate of drug-likeness (QED) is 0.552. The lowest BCUT2D eigenvalue weighted by Crippen LogP contribution is -2.52. The van der Waals surface area contributed by atoms with Crippen LogP contribution in [0.1, 0.15) is 24.8 Å². The molecule has 2 aromatic rings. The van der Waals surface area contributed by atoms with E-state index in [1.54, 1.807) is 23.2 Å². The first kappa shape index (κ1) is 26.5. The summed E-state index contributed by atoms with van der Waals surface area (Å²) in [7, 11) is 0. The van der Waals surface area contributed by atoms with Crippen molar-refractivity contribution < 1.29 is 22.8 Å².